The highest BCUT2D eigenvalue weighted by atomic mass is 16.5. The first-order chi connectivity index (χ1) is 11.1. The Morgan fingerprint density at radius 2 is 1.83 bits per heavy atom. The Morgan fingerprint density at radius 3 is 2.61 bits per heavy atom. The van der Waals surface area contributed by atoms with Crippen LogP contribution in [0.3, 0.4) is 0 Å². The van der Waals surface area contributed by atoms with Gasteiger partial charge in [0, 0.05) is 6.08 Å². The molecule has 0 aliphatic heterocycles. The van der Waals surface area contributed by atoms with E-state index in [9.17, 15) is 9.59 Å². The number of carbonyl (C=O) groups excluding carboxylic acids is 1. The lowest BCUT2D eigenvalue weighted by molar-refractivity contribution is -0.128. The van der Waals surface area contributed by atoms with Crippen molar-refractivity contribution in [1.29, 1.82) is 0 Å². The lowest BCUT2D eigenvalue weighted by atomic mass is 10.1. The molecule has 3 aromatic rings. The van der Waals surface area contributed by atoms with Gasteiger partial charge in [-0.3, -0.25) is 0 Å². The normalized spacial score (nSPS) is 11.0. The number of carbonyl (C=O) groups is 1. The van der Waals surface area contributed by atoms with Crippen molar-refractivity contribution in [2.24, 2.45) is 0 Å². The second-order valence-corrected chi connectivity index (χ2v) is 5.09. The van der Waals surface area contributed by atoms with Crippen LogP contribution in [0.15, 0.2) is 69.9 Å². The predicted octanol–water partition coefficient (Wildman–Crippen LogP) is 3.72. The van der Waals surface area contributed by atoms with Crippen LogP contribution < -0.4 is 10.4 Å². The smallest absolute Gasteiger partial charge is 0.339 e. The Bertz CT molecular complexity index is 933. The van der Waals surface area contributed by atoms with E-state index in [0.29, 0.717) is 11.0 Å². The zero-order valence-corrected chi connectivity index (χ0v) is 12.5. The third-order valence-electron chi connectivity index (χ3n) is 3.31. The summed E-state index contributed by atoms with van der Waals surface area (Å²) >= 11 is 0. The summed E-state index contributed by atoms with van der Waals surface area (Å²) in [5, 5.41) is 0.573. The van der Waals surface area contributed by atoms with Crippen LogP contribution >= 0.6 is 0 Å². The zero-order valence-electron chi connectivity index (χ0n) is 12.5. The van der Waals surface area contributed by atoms with E-state index < -0.39 is 11.6 Å². The molecule has 0 atom stereocenters. The first-order valence-electron chi connectivity index (χ1n) is 7.11. The maximum atomic E-state index is 12.0. The Labute approximate surface area is 132 Å². The van der Waals surface area contributed by atoms with Crippen molar-refractivity contribution in [3.63, 3.8) is 0 Å². The summed E-state index contributed by atoms with van der Waals surface area (Å²) in [7, 11) is 0. The van der Waals surface area contributed by atoms with Crippen molar-refractivity contribution in [2.45, 2.75) is 6.92 Å². The molecule has 114 valence electrons. The number of para-hydroxylation sites is 1. The van der Waals surface area contributed by atoms with Crippen molar-refractivity contribution in [3.8, 4) is 5.75 Å². The molecule has 0 amide bonds. The molecule has 0 saturated carbocycles. The van der Waals surface area contributed by atoms with Gasteiger partial charge in [-0.05, 0) is 30.7 Å². The van der Waals surface area contributed by atoms with Crippen molar-refractivity contribution in [3.05, 3.63) is 82.2 Å². The van der Waals surface area contributed by atoms with E-state index in [1.807, 2.05) is 31.2 Å². The summed E-state index contributed by atoms with van der Waals surface area (Å²) in [5.74, 6) is -0.364. The Morgan fingerprint density at radius 1 is 1.09 bits per heavy atom. The van der Waals surface area contributed by atoms with Crippen LogP contribution in [0.4, 0.5) is 0 Å². The molecule has 0 aliphatic carbocycles. The maximum Gasteiger partial charge on any atom is 0.339 e. The largest absolute Gasteiger partial charge is 0.422 e. The first-order valence-corrected chi connectivity index (χ1v) is 7.11. The third kappa shape index (κ3) is 3.55. The van der Waals surface area contributed by atoms with Crippen LogP contribution in [-0.2, 0) is 4.79 Å². The van der Waals surface area contributed by atoms with Crippen LogP contribution in [0, 0.1) is 6.92 Å². The fourth-order valence-corrected chi connectivity index (χ4v) is 2.15. The standard InChI is InChI=1S/C19H14O4/c1-13-6-8-14(9-7-13)10-11-18(20)23-17-12-19(21)22-16-5-3-2-4-15(16)17/h2-12H,1H3/b11-10+. The van der Waals surface area contributed by atoms with Crippen molar-refractivity contribution in [2.75, 3.05) is 0 Å². The van der Waals surface area contributed by atoms with Gasteiger partial charge in [0.05, 0.1) is 11.5 Å². The Balaban J connectivity index is 1.83. The second-order valence-electron chi connectivity index (χ2n) is 5.09. The van der Waals surface area contributed by atoms with Gasteiger partial charge in [0.1, 0.15) is 11.3 Å². The highest BCUT2D eigenvalue weighted by molar-refractivity contribution is 5.92. The molecule has 1 aromatic heterocycles. The van der Waals surface area contributed by atoms with Crippen molar-refractivity contribution in [1.82, 2.24) is 0 Å². The monoisotopic (exact) mass is 306 g/mol. The van der Waals surface area contributed by atoms with Gasteiger partial charge < -0.3 is 9.15 Å². The van der Waals surface area contributed by atoms with Gasteiger partial charge in [-0.15, -0.1) is 0 Å². The summed E-state index contributed by atoms with van der Waals surface area (Å²) < 4.78 is 10.3. The molecule has 0 radical (unpaired) electrons. The van der Waals surface area contributed by atoms with Gasteiger partial charge in [0.25, 0.3) is 0 Å². The number of ether oxygens (including phenoxy) is 1. The number of rotatable bonds is 3. The number of esters is 1. The van der Waals surface area contributed by atoms with E-state index in [0.717, 1.165) is 11.1 Å². The van der Waals surface area contributed by atoms with Gasteiger partial charge in [-0.2, -0.15) is 0 Å². The topological polar surface area (TPSA) is 56.5 Å². The van der Waals surface area contributed by atoms with Gasteiger partial charge in [0.2, 0.25) is 0 Å². The van der Waals surface area contributed by atoms with E-state index in [1.165, 1.54) is 12.1 Å². The molecular weight excluding hydrogens is 292 g/mol. The highest BCUT2D eigenvalue weighted by Crippen LogP contribution is 2.23. The number of benzene rings is 2. The van der Waals surface area contributed by atoms with E-state index in [-0.39, 0.29) is 5.75 Å². The number of hydrogen-bond donors (Lipinski definition) is 0. The van der Waals surface area contributed by atoms with Crippen LogP contribution in [0.2, 0.25) is 0 Å². The quantitative estimate of drug-likeness (QED) is 0.420. The zero-order chi connectivity index (χ0) is 16.2. The average molecular weight is 306 g/mol. The minimum Gasteiger partial charge on any atom is -0.422 e. The molecule has 3 rings (SSSR count). The molecule has 2 aromatic carbocycles. The summed E-state index contributed by atoms with van der Waals surface area (Å²) in [6.07, 6.45) is 2.99. The summed E-state index contributed by atoms with van der Waals surface area (Å²) in [6.45, 7) is 1.99. The number of aryl methyl sites for hydroxylation is 1. The van der Waals surface area contributed by atoms with E-state index in [2.05, 4.69) is 0 Å². The molecule has 0 bridgehead atoms. The van der Waals surface area contributed by atoms with Gasteiger partial charge in [-0.25, -0.2) is 9.59 Å². The molecule has 0 N–H and O–H groups in total. The van der Waals surface area contributed by atoms with E-state index in [4.69, 9.17) is 9.15 Å². The van der Waals surface area contributed by atoms with E-state index >= 15 is 0 Å². The first kappa shape index (κ1) is 14.8. The molecule has 4 heteroatoms. The van der Waals surface area contributed by atoms with Gasteiger partial charge in [0.15, 0.2) is 0 Å². The van der Waals surface area contributed by atoms with Gasteiger partial charge in [-0.1, -0.05) is 42.0 Å². The predicted molar refractivity (Wildman–Crippen MR) is 88.3 cm³/mol. The summed E-state index contributed by atoms with van der Waals surface area (Å²) in [6, 6.07) is 15.8. The molecule has 1 heterocycles. The third-order valence-corrected chi connectivity index (χ3v) is 3.31. The van der Waals surface area contributed by atoms with Crippen LogP contribution in [0.1, 0.15) is 11.1 Å². The fourth-order valence-electron chi connectivity index (χ4n) is 2.15. The van der Waals surface area contributed by atoms with Crippen LogP contribution in [0.5, 0.6) is 5.75 Å². The molecule has 0 spiro atoms. The average Bonchev–Trinajstić information content (AvgIpc) is 2.54. The minimum absolute atomic E-state index is 0.190. The van der Waals surface area contributed by atoms with Crippen LogP contribution in [0.25, 0.3) is 17.0 Å². The maximum absolute atomic E-state index is 12.0. The molecule has 0 saturated heterocycles. The Kier molecular flexibility index (Phi) is 4.06. The highest BCUT2D eigenvalue weighted by Gasteiger charge is 2.09. The van der Waals surface area contributed by atoms with E-state index in [1.54, 1.807) is 30.3 Å². The lowest BCUT2D eigenvalue weighted by Gasteiger charge is -2.04. The summed E-state index contributed by atoms with van der Waals surface area (Å²) in [5.41, 5.74) is 1.86. The second kappa shape index (κ2) is 6.32. The molecule has 0 unspecified atom stereocenters. The molecule has 23 heavy (non-hydrogen) atoms. The Hall–Kier alpha value is -3.14. The number of hydrogen-bond acceptors (Lipinski definition) is 4. The van der Waals surface area contributed by atoms with Crippen molar-refractivity contribution >= 4 is 23.0 Å². The minimum atomic E-state index is -0.561. The SMILES string of the molecule is Cc1ccc(/C=C/C(=O)Oc2cc(=O)oc3ccccc23)cc1. The molecule has 0 aliphatic rings. The number of fused-ring (bicyclic) bond motifs is 1. The fraction of sp³-hybridized carbons (Fsp3) is 0.0526. The van der Waals surface area contributed by atoms with Gasteiger partial charge >= 0.3 is 11.6 Å². The lowest BCUT2D eigenvalue weighted by Crippen LogP contribution is -2.07. The molecule has 0 fully saturated rings. The molecular formula is C19H14O4. The molecule has 4 nitrogen and oxygen atoms in total. The summed E-state index contributed by atoms with van der Waals surface area (Å²) in [4.78, 5) is 23.5. The van der Waals surface area contributed by atoms with Crippen LogP contribution in [-0.4, -0.2) is 5.97 Å². The van der Waals surface area contributed by atoms with Crippen molar-refractivity contribution < 1.29 is 13.9 Å².